The quantitative estimate of drug-likeness (QED) is 0.516. The van der Waals surface area contributed by atoms with Gasteiger partial charge in [0.15, 0.2) is 0 Å². The molecule has 0 saturated carbocycles. The maximum Gasteiger partial charge on any atom is 0.255 e. The van der Waals surface area contributed by atoms with Crippen molar-refractivity contribution in [3.05, 3.63) is 88.4 Å². The van der Waals surface area contributed by atoms with Gasteiger partial charge >= 0.3 is 0 Å². The Kier molecular flexibility index (Phi) is 4.62. The smallest absolute Gasteiger partial charge is 0.255 e. The predicted octanol–water partition coefficient (Wildman–Crippen LogP) is 4.48. The number of amides is 1. The average molecular weight is 359 g/mol. The molecule has 2 aromatic heterocycles. The standard InChI is InChI=1S/C21H17N3OS/c25-21(22-14-15-7-2-1-3-8-15)17(13-16-9-6-12-26-16)20-23-18-10-4-5-11-19(18)24-20/h1-13H,14H2,(H,22,25)(H,23,24)/b17-13-. The van der Waals surface area contributed by atoms with Crippen LogP contribution in [-0.4, -0.2) is 15.9 Å². The molecule has 4 aromatic rings. The van der Waals surface area contributed by atoms with E-state index in [1.165, 1.54) is 0 Å². The van der Waals surface area contributed by atoms with Crippen LogP contribution in [0.3, 0.4) is 0 Å². The first kappa shape index (κ1) is 16.3. The molecule has 4 rings (SSSR count). The molecule has 128 valence electrons. The third kappa shape index (κ3) is 3.58. The van der Waals surface area contributed by atoms with Crippen LogP contribution >= 0.6 is 11.3 Å². The van der Waals surface area contributed by atoms with Crippen LogP contribution in [0.4, 0.5) is 0 Å². The zero-order valence-electron chi connectivity index (χ0n) is 14.0. The van der Waals surface area contributed by atoms with Crippen molar-refractivity contribution in [2.75, 3.05) is 0 Å². The number of imidazole rings is 1. The van der Waals surface area contributed by atoms with E-state index in [-0.39, 0.29) is 5.91 Å². The summed E-state index contributed by atoms with van der Waals surface area (Å²) in [7, 11) is 0. The van der Waals surface area contributed by atoms with Crippen molar-refractivity contribution in [1.82, 2.24) is 15.3 Å². The Balaban J connectivity index is 1.65. The number of benzene rings is 2. The lowest BCUT2D eigenvalue weighted by atomic mass is 10.2. The molecule has 0 aliphatic rings. The molecule has 1 amide bonds. The van der Waals surface area contributed by atoms with E-state index in [2.05, 4.69) is 15.3 Å². The van der Waals surface area contributed by atoms with E-state index in [0.29, 0.717) is 17.9 Å². The van der Waals surface area contributed by atoms with E-state index in [9.17, 15) is 4.79 Å². The van der Waals surface area contributed by atoms with E-state index >= 15 is 0 Å². The van der Waals surface area contributed by atoms with Crippen LogP contribution in [0.1, 0.15) is 16.3 Å². The number of fused-ring (bicyclic) bond motifs is 1. The van der Waals surface area contributed by atoms with Crippen LogP contribution in [0, 0.1) is 0 Å². The van der Waals surface area contributed by atoms with Crippen molar-refractivity contribution in [2.45, 2.75) is 6.54 Å². The number of para-hydroxylation sites is 2. The highest BCUT2D eigenvalue weighted by Crippen LogP contribution is 2.22. The molecule has 2 N–H and O–H groups in total. The Morgan fingerprint density at radius 2 is 1.85 bits per heavy atom. The van der Waals surface area contributed by atoms with E-state index < -0.39 is 0 Å². The van der Waals surface area contributed by atoms with Crippen LogP contribution < -0.4 is 5.32 Å². The van der Waals surface area contributed by atoms with Crippen molar-refractivity contribution in [3.63, 3.8) is 0 Å². The fraction of sp³-hybridized carbons (Fsp3) is 0.0476. The zero-order chi connectivity index (χ0) is 17.8. The first-order chi connectivity index (χ1) is 12.8. The molecule has 26 heavy (non-hydrogen) atoms. The van der Waals surface area contributed by atoms with Gasteiger partial charge in [-0.15, -0.1) is 11.3 Å². The summed E-state index contributed by atoms with van der Waals surface area (Å²) in [6.45, 7) is 0.474. The lowest BCUT2D eigenvalue weighted by Gasteiger charge is -2.07. The maximum atomic E-state index is 12.9. The molecule has 0 atom stereocenters. The Morgan fingerprint density at radius 3 is 2.62 bits per heavy atom. The van der Waals surface area contributed by atoms with Gasteiger partial charge in [-0.05, 0) is 35.2 Å². The summed E-state index contributed by atoms with van der Waals surface area (Å²) in [5.74, 6) is 0.423. The molecule has 2 heterocycles. The van der Waals surface area contributed by atoms with Crippen LogP contribution in [0.25, 0.3) is 22.7 Å². The summed E-state index contributed by atoms with van der Waals surface area (Å²) in [4.78, 5) is 21.7. The third-order valence-corrected chi connectivity index (χ3v) is 4.83. The summed E-state index contributed by atoms with van der Waals surface area (Å²) in [5, 5.41) is 4.98. The second-order valence-electron chi connectivity index (χ2n) is 5.84. The third-order valence-electron chi connectivity index (χ3n) is 4.01. The number of thiophene rings is 1. The fourth-order valence-electron chi connectivity index (χ4n) is 2.71. The van der Waals surface area contributed by atoms with Gasteiger partial charge in [0, 0.05) is 11.4 Å². The predicted molar refractivity (Wildman–Crippen MR) is 107 cm³/mol. The van der Waals surface area contributed by atoms with Crippen LogP contribution in [0.5, 0.6) is 0 Å². The van der Waals surface area contributed by atoms with Crippen molar-refractivity contribution in [1.29, 1.82) is 0 Å². The van der Waals surface area contributed by atoms with E-state index in [1.54, 1.807) is 11.3 Å². The van der Waals surface area contributed by atoms with Gasteiger partial charge < -0.3 is 10.3 Å². The van der Waals surface area contributed by atoms with Crippen LogP contribution in [0.15, 0.2) is 72.1 Å². The topological polar surface area (TPSA) is 57.8 Å². The molecule has 0 unspecified atom stereocenters. The van der Waals surface area contributed by atoms with Gasteiger partial charge in [0.05, 0.1) is 16.6 Å². The van der Waals surface area contributed by atoms with Crippen molar-refractivity contribution in [2.24, 2.45) is 0 Å². The number of hydrogen-bond donors (Lipinski definition) is 2. The van der Waals surface area contributed by atoms with E-state index in [0.717, 1.165) is 21.5 Å². The molecular weight excluding hydrogens is 342 g/mol. The van der Waals surface area contributed by atoms with Crippen LogP contribution in [-0.2, 0) is 11.3 Å². The van der Waals surface area contributed by atoms with Gasteiger partial charge in [-0.1, -0.05) is 48.5 Å². The molecule has 0 bridgehead atoms. The van der Waals surface area contributed by atoms with Gasteiger partial charge in [-0.2, -0.15) is 0 Å². The number of aromatic nitrogens is 2. The molecular formula is C21H17N3OS. The number of nitrogens with one attached hydrogen (secondary N) is 2. The summed E-state index contributed by atoms with van der Waals surface area (Å²) < 4.78 is 0. The SMILES string of the molecule is O=C(NCc1ccccc1)/C(=C\c1cccs1)c1nc2ccccc2[nH]1. The molecule has 0 aliphatic carbocycles. The molecule has 0 saturated heterocycles. The number of H-pyrrole nitrogens is 1. The van der Waals surface area contributed by atoms with Crippen molar-refractivity contribution in [3.8, 4) is 0 Å². The number of hydrogen-bond acceptors (Lipinski definition) is 3. The summed E-state index contributed by atoms with van der Waals surface area (Å²) >= 11 is 1.59. The zero-order valence-corrected chi connectivity index (χ0v) is 14.8. The number of carbonyl (C=O) groups excluding carboxylic acids is 1. The molecule has 0 fully saturated rings. The minimum atomic E-state index is -0.152. The highest BCUT2D eigenvalue weighted by Gasteiger charge is 2.16. The minimum Gasteiger partial charge on any atom is -0.348 e. The van der Waals surface area contributed by atoms with Crippen molar-refractivity contribution >= 4 is 39.9 Å². The van der Waals surface area contributed by atoms with E-state index in [4.69, 9.17) is 0 Å². The average Bonchev–Trinajstić information content (AvgIpc) is 3.34. The fourth-order valence-corrected chi connectivity index (χ4v) is 3.37. The highest BCUT2D eigenvalue weighted by molar-refractivity contribution is 7.11. The second-order valence-corrected chi connectivity index (χ2v) is 6.82. The van der Waals surface area contributed by atoms with Gasteiger partial charge in [-0.25, -0.2) is 4.98 Å². The number of carbonyl (C=O) groups is 1. The van der Waals surface area contributed by atoms with Gasteiger partial charge in [0.25, 0.3) is 5.91 Å². The Morgan fingerprint density at radius 1 is 1.04 bits per heavy atom. The summed E-state index contributed by atoms with van der Waals surface area (Å²) in [6.07, 6.45) is 1.88. The maximum absolute atomic E-state index is 12.9. The Bertz CT molecular complexity index is 1020. The number of nitrogens with zero attached hydrogens (tertiary/aromatic N) is 1. The van der Waals surface area contributed by atoms with Gasteiger partial charge in [-0.3, -0.25) is 4.79 Å². The Hall–Kier alpha value is -3.18. The number of aromatic amines is 1. The molecule has 0 aliphatic heterocycles. The molecule has 5 heteroatoms. The second kappa shape index (κ2) is 7.37. The van der Waals surface area contributed by atoms with E-state index in [1.807, 2.05) is 78.2 Å². The van der Waals surface area contributed by atoms with Crippen LogP contribution in [0.2, 0.25) is 0 Å². The van der Waals surface area contributed by atoms with Gasteiger partial charge in [0.1, 0.15) is 5.82 Å². The Labute approximate surface area is 155 Å². The first-order valence-corrected chi connectivity index (χ1v) is 9.20. The lowest BCUT2D eigenvalue weighted by Crippen LogP contribution is -2.24. The summed E-state index contributed by atoms with van der Waals surface area (Å²) in [5.41, 5.74) is 3.34. The molecule has 0 radical (unpaired) electrons. The monoisotopic (exact) mass is 359 g/mol. The largest absolute Gasteiger partial charge is 0.348 e. The van der Waals surface area contributed by atoms with Gasteiger partial charge in [0.2, 0.25) is 0 Å². The normalized spacial score (nSPS) is 11.6. The molecule has 4 nitrogen and oxygen atoms in total. The minimum absolute atomic E-state index is 0.152. The highest BCUT2D eigenvalue weighted by atomic mass is 32.1. The first-order valence-electron chi connectivity index (χ1n) is 8.32. The van der Waals surface area contributed by atoms with Crippen molar-refractivity contribution < 1.29 is 4.79 Å². The summed E-state index contributed by atoms with van der Waals surface area (Å²) in [6, 6.07) is 21.6. The number of rotatable bonds is 5. The molecule has 2 aromatic carbocycles. The molecule has 0 spiro atoms. The lowest BCUT2D eigenvalue weighted by molar-refractivity contribution is -0.115.